The summed E-state index contributed by atoms with van der Waals surface area (Å²) in [6.07, 6.45) is 9.45. The Balaban J connectivity index is 1.28. The summed E-state index contributed by atoms with van der Waals surface area (Å²) in [6.45, 7) is 8.28. The summed E-state index contributed by atoms with van der Waals surface area (Å²) in [5.74, 6) is 0.725. The van der Waals surface area contributed by atoms with Gasteiger partial charge in [-0.15, -0.1) is 10.2 Å². The second-order valence-corrected chi connectivity index (χ2v) is 9.75. The maximum atomic E-state index is 11.6. The van der Waals surface area contributed by atoms with Crippen molar-refractivity contribution in [2.75, 3.05) is 33.0 Å². The zero-order chi connectivity index (χ0) is 25.4. The molecule has 0 aliphatic carbocycles. The van der Waals surface area contributed by atoms with E-state index in [-0.39, 0.29) is 6.23 Å². The van der Waals surface area contributed by atoms with E-state index in [0.29, 0.717) is 26.4 Å². The highest BCUT2D eigenvalue weighted by molar-refractivity contribution is 5.87. The number of nitrogens with zero attached hydrogens (tertiary/aromatic N) is 5. The molecule has 1 aromatic carbocycles. The summed E-state index contributed by atoms with van der Waals surface area (Å²) < 4.78 is 26.8. The van der Waals surface area contributed by atoms with Gasteiger partial charge in [0.25, 0.3) is 0 Å². The predicted octanol–water partition coefficient (Wildman–Crippen LogP) is 4.02. The number of fused-ring (bicyclic) bond motifs is 1. The van der Waals surface area contributed by atoms with Crippen molar-refractivity contribution in [2.45, 2.75) is 64.7 Å². The van der Waals surface area contributed by atoms with Gasteiger partial charge in [-0.1, -0.05) is 0 Å². The fourth-order valence-corrected chi connectivity index (χ4v) is 3.99. The Bertz CT molecular complexity index is 1100. The Morgan fingerprint density at radius 1 is 1.14 bits per heavy atom. The predicted molar refractivity (Wildman–Crippen MR) is 133 cm³/mol. The lowest BCUT2D eigenvalue weighted by molar-refractivity contribution is -0.0366. The van der Waals surface area contributed by atoms with E-state index in [0.717, 1.165) is 61.1 Å². The van der Waals surface area contributed by atoms with Gasteiger partial charge in [-0.3, -0.25) is 4.57 Å². The smallest absolute Gasteiger partial charge is 0.407 e. The first-order valence-corrected chi connectivity index (χ1v) is 12.6. The number of ether oxygens (including phenoxy) is 4. The van der Waals surface area contributed by atoms with E-state index in [9.17, 15) is 4.79 Å². The van der Waals surface area contributed by atoms with Crippen molar-refractivity contribution in [1.82, 2.24) is 29.9 Å². The van der Waals surface area contributed by atoms with Crippen LogP contribution >= 0.6 is 0 Å². The van der Waals surface area contributed by atoms with Crippen molar-refractivity contribution in [1.29, 1.82) is 0 Å². The molecule has 3 heterocycles. The zero-order valence-electron chi connectivity index (χ0n) is 21.3. The van der Waals surface area contributed by atoms with Crippen molar-refractivity contribution in [2.24, 2.45) is 0 Å². The van der Waals surface area contributed by atoms with E-state index in [1.807, 2.05) is 42.3 Å². The molecule has 4 rings (SSSR count). The topological polar surface area (TPSA) is 115 Å². The van der Waals surface area contributed by atoms with Crippen LogP contribution in [0.25, 0.3) is 16.6 Å². The van der Waals surface area contributed by atoms with Crippen LogP contribution in [0.15, 0.2) is 31.0 Å². The summed E-state index contributed by atoms with van der Waals surface area (Å²) in [5, 5.41) is 16.2. The molecular weight excluding hydrogens is 464 g/mol. The molecule has 0 saturated carbocycles. The minimum atomic E-state index is -0.490. The summed E-state index contributed by atoms with van der Waals surface area (Å²) in [5.41, 5.74) is 1.34. The third-order valence-corrected chi connectivity index (χ3v) is 5.68. The molecule has 0 spiro atoms. The van der Waals surface area contributed by atoms with Crippen LogP contribution in [-0.2, 0) is 14.2 Å². The third kappa shape index (κ3) is 7.17. The van der Waals surface area contributed by atoms with Crippen LogP contribution in [0.1, 0.15) is 59.1 Å². The lowest BCUT2D eigenvalue weighted by Crippen LogP contribution is -2.33. The standard InChI is InChI=1S/C25H36N6O5/c1-25(2,3)36-24(32)26-9-5-7-10-33-12-13-34-22-15-19(30-17-27-28-18-30)14-21-20(22)16-29-31(21)23-8-4-6-11-35-23/h14-18,23H,4-13H2,1-3H3,(H,26,32). The molecule has 3 aromatic rings. The molecule has 1 fully saturated rings. The van der Waals surface area contributed by atoms with Crippen molar-refractivity contribution in [3.8, 4) is 11.4 Å². The summed E-state index contributed by atoms with van der Waals surface area (Å²) >= 11 is 0. The van der Waals surface area contributed by atoms with Crippen LogP contribution in [0.3, 0.4) is 0 Å². The Kier molecular flexibility index (Phi) is 8.76. The number of nitrogens with one attached hydrogen (secondary N) is 1. The third-order valence-electron chi connectivity index (χ3n) is 5.68. The first kappa shape index (κ1) is 25.9. The maximum Gasteiger partial charge on any atom is 0.407 e. The van der Waals surface area contributed by atoms with E-state index in [2.05, 4.69) is 26.7 Å². The second kappa shape index (κ2) is 12.2. The van der Waals surface area contributed by atoms with Gasteiger partial charge in [-0.05, 0) is 58.9 Å². The molecule has 11 nitrogen and oxygen atoms in total. The van der Waals surface area contributed by atoms with Crippen LogP contribution in [0, 0.1) is 0 Å². The van der Waals surface area contributed by atoms with E-state index < -0.39 is 11.7 Å². The lowest BCUT2D eigenvalue weighted by Gasteiger charge is -2.23. The number of alkyl carbamates (subject to hydrolysis) is 1. The highest BCUT2D eigenvalue weighted by atomic mass is 16.6. The minimum Gasteiger partial charge on any atom is -0.490 e. The van der Waals surface area contributed by atoms with Crippen LogP contribution in [0.2, 0.25) is 0 Å². The van der Waals surface area contributed by atoms with E-state index in [4.69, 9.17) is 18.9 Å². The molecule has 11 heteroatoms. The number of carbonyl (C=O) groups is 1. The summed E-state index contributed by atoms with van der Waals surface area (Å²) in [6, 6.07) is 4.01. The molecule has 0 bridgehead atoms. The average Bonchev–Trinajstić information content (AvgIpc) is 3.53. The second-order valence-electron chi connectivity index (χ2n) is 9.75. The quantitative estimate of drug-likeness (QED) is 0.393. The fraction of sp³-hybridized carbons (Fsp3) is 0.600. The van der Waals surface area contributed by atoms with Gasteiger partial charge in [0.15, 0.2) is 6.23 Å². The number of amides is 1. The maximum absolute atomic E-state index is 11.6. The first-order valence-electron chi connectivity index (χ1n) is 12.6. The fourth-order valence-electron chi connectivity index (χ4n) is 3.99. The number of hydrogen-bond acceptors (Lipinski definition) is 8. The molecule has 2 aromatic heterocycles. The van der Waals surface area contributed by atoms with Gasteiger partial charge < -0.3 is 24.3 Å². The number of benzene rings is 1. The molecular formula is C25H36N6O5. The molecule has 1 unspecified atom stereocenters. The lowest BCUT2D eigenvalue weighted by atomic mass is 10.1. The first-order chi connectivity index (χ1) is 17.4. The van der Waals surface area contributed by atoms with Crippen molar-refractivity contribution < 1.29 is 23.7 Å². The SMILES string of the molecule is CC(C)(C)OC(=O)NCCCCOCCOc1cc(-n2cnnc2)cc2c1cnn2C1CCCCO1. The summed E-state index contributed by atoms with van der Waals surface area (Å²) in [7, 11) is 0. The molecule has 1 N–H and O–H groups in total. The number of carbonyl (C=O) groups excluding carboxylic acids is 1. The molecule has 1 aliphatic heterocycles. The summed E-state index contributed by atoms with van der Waals surface area (Å²) in [4.78, 5) is 11.6. The van der Waals surface area contributed by atoms with Crippen molar-refractivity contribution in [3.63, 3.8) is 0 Å². The van der Waals surface area contributed by atoms with Crippen molar-refractivity contribution >= 4 is 17.0 Å². The Morgan fingerprint density at radius 3 is 2.72 bits per heavy atom. The van der Waals surface area contributed by atoms with Crippen LogP contribution in [-0.4, -0.2) is 69.2 Å². The van der Waals surface area contributed by atoms with Gasteiger partial charge in [0, 0.05) is 25.8 Å². The largest absolute Gasteiger partial charge is 0.490 e. The normalized spacial score (nSPS) is 16.2. The van der Waals surface area contributed by atoms with Gasteiger partial charge in [-0.25, -0.2) is 9.48 Å². The Labute approximate surface area is 211 Å². The minimum absolute atomic E-state index is 0.0756. The van der Waals surface area contributed by atoms with Gasteiger partial charge in [-0.2, -0.15) is 5.10 Å². The Hall–Kier alpha value is -3.18. The molecule has 36 heavy (non-hydrogen) atoms. The van der Waals surface area contributed by atoms with Crippen LogP contribution in [0.4, 0.5) is 4.79 Å². The van der Waals surface area contributed by atoms with E-state index in [1.165, 1.54) is 0 Å². The molecule has 0 radical (unpaired) electrons. The molecule has 1 amide bonds. The highest BCUT2D eigenvalue weighted by Gasteiger charge is 2.21. The van der Waals surface area contributed by atoms with Gasteiger partial charge in [0.2, 0.25) is 0 Å². The van der Waals surface area contributed by atoms with Crippen molar-refractivity contribution in [3.05, 3.63) is 31.0 Å². The molecule has 1 atom stereocenters. The number of rotatable bonds is 11. The number of unbranched alkanes of at least 4 members (excludes halogenated alkanes) is 1. The zero-order valence-corrected chi connectivity index (χ0v) is 21.3. The van der Waals surface area contributed by atoms with Crippen LogP contribution in [0.5, 0.6) is 5.75 Å². The van der Waals surface area contributed by atoms with E-state index in [1.54, 1.807) is 12.7 Å². The molecule has 196 valence electrons. The van der Waals surface area contributed by atoms with E-state index >= 15 is 0 Å². The number of hydrogen-bond donors (Lipinski definition) is 1. The Morgan fingerprint density at radius 2 is 1.97 bits per heavy atom. The van der Waals surface area contributed by atoms with Gasteiger partial charge >= 0.3 is 6.09 Å². The number of aromatic nitrogens is 5. The van der Waals surface area contributed by atoms with Crippen LogP contribution < -0.4 is 10.1 Å². The monoisotopic (exact) mass is 500 g/mol. The molecule has 1 aliphatic rings. The molecule has 1 saturated heterocycles. The average molecular weight is 501 g/mol. The highest BCUT2D eigenvalue weighted by Crippen LogP contribution is 2.33. The van der Waals surface area contributed by atoms with Gasteiger partial charge in [0.05, 0.1) is 29.4 Å². The van der Waals surface area contributed by atoms with Gasteiger partial charge in [0.1, 0.15) is 30.6 Å².